The van der Waals surface area contributed by atoms with Crippen molar-refractivity contribution >= 4 is 5.97 Å². The first-order valence-corrected chi connectivity index (χ1v) is 12.7. The average Bonchev–Trinajstić information content (AvgIpc) is 3.40. The minimum absolute atomic E-state index is 0.131. The van der Waals surface area contributed by atoms with Gasteiger partial charge in [-0.15, -0.1) is 0 Å². The van der Waals surface area contributed by atoms with E-state index in [-0.39, 0.29) is 12.5 Å². The zero-order valence-electron chi connectivity index (χ0n) is 20.9. The number of hydrogen-bond acceptors (Lipinski definition) is 5. The van der Waals surface area contributed by atoms with Crippen LogP contribution in [-0.4, -0.2) is 29.8 Å². The van der Waals surface area contributed by atoms with Crippen molar-refractivity contribution in [1.82, 2.24) is 4.98 Å². The number of carbonyl (C=O) groups is 1. The third-order valence-corrected chi connectivity index (χ3v) is 7.19. The predicted octanol–water partition coefficient (Wildman–Crippen LogP) is 6.75. The fourth-order valence-corrected chi connectivity index (χ4v) is 5.39. The minimum Gasteiger partial charge on any atom is -0.482 e. The van der Waals surface area contributed by atoms with Crippen molar-refractivity contribution in [2.45, 2.75) is 37.7 Å². The van der Waals surface area contributed by atoms with Gasteiger partial charge in [0.25, 0.3) is 0 Å². The van der Waals surface area contributed by atoms with Crippen LogP contribution in [0.2, 0.25) is 0 Å². The van der Waals surface area contributed by atoms with Crippen LogP contribution in [0.25, 0.3) is 22.6 Å². The molecule has 1 aliphatic rings. The number of aromatic nitrogens is 1. The van der Waals surface area contributed by atoms with E-state index in [2.05, 4.69) is 12.1 Å². The van der Waals surface area contributed by atoms with Crippen LogP contribution in [0.4, 0.5) is 0 Å². The second-order valence-electron chi connectivity index (χ2n) is 9.50. The summed E-state index contributed by atoms with van der Waals surface area (Å²) >= 11 is 0. The molecule has 0 aliphatic heterocycles. The number of rotatable bonds is 9. The van der Waals surface area contributed by atoms with Crippen molar-refractivity contribution in [1.29, 1.82) is 0 Å². The Hall–Kier alpha value is -3.90. The number of nitrogens with zero attached hydrogens (tertiary/aromatic N) is 1. The third-order valence-electron chi connectivity index (χ3n) is 7.19. The number of carboxylic acid groups (broad SMARTS) is 1. The molecule has 190 valence electrons. The maximum absolute atomic E-state index is 10.9. The molecule has 1 fully saturated rings. The summed E-state index contributed by atoms with van der Waals surface area (Å²) in [6, 6.07) is 27.8. The molecule has 3 aromatic carbocycles. The number of carboxylic acids is 1. The van der Waals surface area contributed by atoms with Crippen LogP contribution in [-0.2, 0) is 21.6 Å². The van der Waals surface area contributed by atoms with Crippen molar-refractivity contribution in [2.24, 2.45) is 5.92 Å². The monoisotopic (exact) mass is 497 g/mol. The first-order valence-electron chi connectivity index (χ1n) is 12.7. The van der Waals surface area contributed by atoms with Crippen LogP contribution >= 0.6 is 0 Å². The molecule has 0 bridgehead atoms. The molecule has 0 radical (unpaired) electrons. The van der Waals surface area contributed by atoms with Gasteiger partial charge >= 0.3 is 5.97 Å². The van der Waals surface area contributed by atoms with Crippen LogP contribution in [0.3, 0.4) is 0 Å². The van der Waals surface area contributed by atoms with E-state index in [4.69, 9.17) is 24.0 Å². The normalized spacial score (nSPS) is 19.4. The molecule has 1 aromatic heterocycles. The first kappa shape index (κ1) is 24.8. The molecule has 1 N–H and O–H groups in total. The largest absolute Gasteiger partial charge is 0.482 e. The Labute approximate surface area is 216 Å². The van der Waals surface area contributed by atoms with Gasteiger partial charge in [0.05, 0.1) is 0 Å². The minimum atomic E-state index is -0.997. The molecule has 6 heteroatoms. The predicted molar refractivity (Wildman–Crippen MR) is 141 cm³/mol. The van der Waals surface area contributed by atoms with Crippen LogP contribution in [0.1, 0.15) is 37.1 Å². The molecule has 37 heavy (non-hydrogen) atoms. The van der Waals surface area contributed by atoms with Crippen molar-refractivity contribution in [3.8, 4) is 28.3 Å². The van der Waals surface area contributed by atoms with Gasteiger partial charge in [0, 0.05) is 24.2 Å². The molecule has 2 unspecified atom stereocenters. The van der Waals surface area contributed by atoms with E-state index in [9.17, 15) is 4.79 Å². The standard InChI is InChI=1S/C31H31NO5/c1-35-31(18-9-8-16-25(31)19-22-11-10-17-26(20-22)36-21-27(33)34)30-32-28(23-12-4-2-5-13-23)29(37-30)24-14-6-3-7-15-24/h2-7,10-15,17,20,25H,8-9,16,18-19,21H2,1H3,(H,33,34). The highest BCUT2D eigenvalue weighted by molar-refractivity contribution is 5.76. The van der Waals surface area contributed by atoms with Crippen LogP contribution < -0.4 is 4.74 Å². The summed E-state index contributed by atoms with van der Waals surface area (Å²) in [6.45, 7) is -0.365. The number of methoxy groups -OCH3 is 1. The van der Waals surface area contributed by atoms with Crippen molar-refractivity contribution in [3.05, 3.63) is 96.4 Å². The number of oxazole rings is 1. The Morgan fingerprint density at radius 2 is 1.73 bits per heavy atom. The molecular formula is C31H31NO5. The lowest BCUT2D eigenvalue weighted by atomic mass is 9.72. The van der Waals surface area contributed by atoms with Gasteiger partial charge in [-0.25, -0.2) is 9.78 Å². The van der Waals surface area contributed by atoms with Gasteiger partial charge in [0.2, 0.25) is 5.89 Å². The summed E-state index contributed by atoms with van der Waals surface area (Å²) < 4.78 is 18.4. The van der Waals surface area contributed by atoms with Gasteiger partial charge in [-0.05, 0) is 37.0 Å². The van der Waals surface area contributed by atoms with Crippen molar-refractivity contribution < 1.29 is 23.8 Å². The van der Waals surface area contributed by atoms with E-state index in [0.29, 0.717) is 11.6 Å². The maximum Gasteiger partial charge on any atom is 0.341 e. The molecule has 5 rings (SSSR count). The molecule has 1 saturated carbocycles. The van der Waals surface area contributed by atoms with Crippen LogP contribution in [0.5, 0.6) is 5.75 Å². The fourth-order valence-electron chi connectivity index (χ4n) is 5.39. The average molecular weight is 498 g/mol. The van der Waals surface area contributed by atoms with E-state index in [1.807, 2.05) is 66.7 Å². The quantitative estimate of drug-likeness (QED) is 0.276. The summed E-state index contributed by atoms with van der Waals surface area (Å²) in [5, 5.41) is 8.96. The first-order chi connectivity index (χ1) is 18.1. The zero-order valence-corrected chi connectivity index (χ0v) is 20.9. The summed E-state index contributed by atoms with van der Waals surface area (Å²) in [5.74, 6) is 1.03. The SMILES string of the molecule is COC1(c2nc(-c3ccccc3)c(-c3ccccc3)o2)CCCCC1Cc1cccc(OCC(=O)O)c1. The van der Waals surface area contributed by atoms with E-state index < -0.39 is 11.6 Å². The van der Waals surface area contributed by atoms with Crippen LogP contribution in [0.15, 0.2) is 89.3 Å². The van der Waals surface area contributed by atoms with Gasteiger partial charge < -0.3 is 19.0 Å². The van der Waals surface area contributed by atoms with Crippen molar-refractivity contribution in [2.75, 3.05) is 13.7 Å². The number of hydrogen-bond donors (Lipinski definition) is 1. The zero-order chi connectivity index (χ0) is 25.7. The van der Waals surface area contributed by atoms with E-state index in [1.165, 1.54) is 0 Å². The molecule has 0 spiro atoms. The van der Waals surface area contributed by atoms with Gasteiger partial charge in [-0.3, -0.25) is 0 Å². The van der Waals surface area contributed by atoms with E-state index >= 15 is 0 Å². The Kier molecular flexibility index (Phi) is 7.37. The van der Waals surface area contributed by atoms with Gasteiger partial charge in [-0.2, -0.15) is 0 Å². The van der Waals surface area contributed by atoms with Gasteiger partial charge in [-0.1, -0.05) is 85.6 Å². The molecule has 6 nitrogen and oxygen atoms in total. The maximum atomic E-state index is 10.9. The lowest BCUT2D eigenvalue weighted by Gasteiger charge is -2.41. The summed E-state index contributed by atoms with van der Waals surface area (Å²) in [5.41, 5.74) is 3.17. The Bertz CT molecular complexity index is 1280. The number of aliphatic carboxylic acids is 1. The number of ether oxygens (including phenoxy) is 2. The van der Waals surface area contributed by atoms with E-state index in [0.717, 1.165) is 60.2 Å². The topological polar surface area (TPSA) is 81.8 Å². The lowest BCUT2D eigenvalue weighted by molar-refractivity contribution is -0.139. The Morgan fingerprint density at radius 1 is 1.00 bits per heavy atom. The smallest absolute Gasteiger partial charge is 0.341 e. The second-order valence-corrected chi connectivity index (χ2v) is 9.50. The third kappa shape index (κ3) is 5.30. The molecule has 0 amide bonds. The highest BCUT2D eigenvalue weighted by Crippen LogP contribution is 2.48. The highest BCUT2D eigenvalue weighted by Gasteiger charge is 2.47. The molecular weight excluding hydrogens is 466 g/mol. The van der Waals surface area contributed by atoms with E-state index in [1.54, 1.807) is 13.2 Å². The summed E-state index contributed by atoms with van der Waals surface area (Å²) in [4.78, 5) is 16.0. The van der Waals surface area contributed by atoms with Crippen molar-refractivity contribution in [3.63, 3.8) is 0 Å². The van der Waals surface area contributed by atoms with Gasteiger partial charge in [0.1, 0.15) is 17.0 Å². The molecule has 1 aliphatic carbocycles. The lowest BCUT2D eigenvalue weighted by Crippen LogP contribution is -2.41. The Morgan fingerprint density at radius 3 is 2.43 bits per heavy atom. The van der Waals surface area contributed by atoms with Gasteiger partial charge in [0.15, 0.2) is 12.4 Å². The number of benzene rings is 3. The summed E-state index contributed by atoms with van der Waals surface area (Å²) in [7, 11) is 1.75. The summed E-state index contributed by atoms with van der Waals surface area (Å²) in [6.07, 6.45) is 4.64. The highest BCUT2D eigenvalue weighted by atomic mass is 16.5. The van der Waals surface area contributed by atoms with Crippen LogP contribution in [0, 0.1) is 5.92 Å². The molecule has 2 atom stereocenters. The molecule has 1 heterocycles. The molecule has 4 aromatic rings. The fraction of sp³-hybridized carbons (Fsp3) is 0.290. The Balaban J connectivity index is 1.53. The molecule has 0 saturated heterocycles. The second kappa shape index (κ2) is 11.0.